The van der Waals surface area contributed by atoms with E-state index >= 15 is 0 Å². The van der Waals surface area contributed by atoms with E-state index in [0.717, 1.165) is 31.7 Å². The van der Waals surface area contributed by atoms with E-state index in [1.54, 1.807) is 23.9 Å². The third-order valence-corrected chi connectivity index (χ3v) is 6.04. The number of carbonyl (C=O) groups is 2. The molecule has 1 heterocycles. The summed E-state index contributed by atoms with van der Waals surface area (Å²) in [5.74, 6) is 1.61. The lowest BCUT2D eigenvalue weighted by atomic mass is 10.0. The van der Waals surface area contributed by atoms with Gasteiger partial charge < -0.3 is 25.2 Å². The number of hydrogen-bond donors (Lipinski definition) is 2. The molecule has 2 fully saturated rings. The molecule has 9 heteroatoms. The topological polar surface area (TPSA) is 86.3 Å². The molecule has 8 nitrogen and oxygen atoms in total. The molecule has 0 unspecified atom stereocenters. The van der Waals surface area contributed by atoms with Crippen molar-refractivity contribution in [3.05, 3.63) is 0 Å². The third kappa shape index (κ3) is 10.7. The van der Waals surface area contributed by atoms with Crippen LogP contribution in [-0.4, -0.2) is 80.7 Å². The monoisotopic (exact) mass is 551 g/mol. The molecule has 1 aliphatic carbocycles. The van der Waals surface area contributed by atoms with Crippen molar-refractivity contribution in [1.29, 1.82) is 0 Å². The molecule has 0 aromatic carbocycles. The van der Waals surface area contributed by atoms with Crippen LogP contribution in [-0.2, 0) is 9.53 Å². The molecule has 0 radical (unpaired) electrons. The van der Waals surface area contributed by atoms with Crippen molar-refractivity contribution in [3.63, 3.8) is 0 Å². The molecule has 0 bridgehead atoms. The molecule has 0 spiro atoms. The fourth-order valence-electron chi connectivity index (χ4n) is 4.12. The van der Waals surface area contributed by atoms with Crippen molar-refractivity contribution >= 4 is 41.9 Å². The van der Waals surface area contributed by atoms with E-state index in [2.05, 4.69) is 15.6 Å². The minimum Gasteiger partial charge on any atom is -0.450 e. The highest BCUT2D eigenvalue weighted by Gasteiger charge is 2.24. The second kappa shape index (κ2) is 15.5. The highest BCUT2D eigenvalue weighted by atomic mass is 127. The van der Waals surface area contributed by atoms with E-state index < -0.39 is 0 Å². The summed E-state index contributed by atoms with van der Waals surface area (Å²) in [6, 6.07) is 0.231. The summed E-state index contributed by atoms with van der Waals surface area (Å²) in [5.41, 5.74) is 0. The second-order valence-electron chi connectivity index (χ2n) is 8.63. The van der Waals surface area contributed by atoms with Gasteiger partial charge in [0.05, 0.1) is 6.61 Å². The Labute approximate surface area is 204 Å². The number of ether oxygens (including phenoxy) is 1. The third-order valence-electron chi connectivity index (χ3n) is 6.04. The number of unbranched alkanes of at least 4 members (excludes halogenated alkanes) is 1. The molecule has 31 heavy (non-hydrogen) atoms. The molecule has 1 aliphatic heterocycles. The summed E-state index contributed by atoms with van der Waals surface area (Å²) in [6.07, 6.45) is 10.7. The largest absolute Gasteiger partial charge is 0.450 e. The number of piperidine rings is 1. The number of aliphatic imine (C=N–C) groups is 1. The Morgan fingerprint density at radius 2 is 1.77 bits per heavy atom. The minimum absolute atomic E-state index is 0. The molecule has 0 atom stereocenters. The van der Waals surface area contributed by atoms with E-state index in [4.69, 9.17) is 4.74 Å². The van der Waals surface area contributed by atoms with Gasteiger partial charge in [-0.1, -0.05) is 38.5 Å². The Morgan fingerprint density at radius 1 is 1.10 bits per heavy atom. The van der Waals surface area contributed by atoms with Crippen LogP contribution in [0.3, 0.4) is 0 Å². The lowest BCUT2D eigenvalue weighted by molar-refractivity contribution is -0.127. The number of nitrogens with zero attached hydrogens (tertiary/aromatic N) is 3. The van der Waals surface area contributed by atoms with Gasteiger partial charge in [0.2, 0.25) is 5.91 Å². The van der Waals surface area contributed by atoms with Crippen LogP contribution in [0, 0.1) is 5.92 Å². The SMILES string of the molecule is CCOC(=O)N1CCC(NC(=NCC(=O)N(C)C)NCCCCC2CCCC2)CC1.I. The first kappa shape index (κ1) is 27.8. The Morgan fingerprint density at radius 3 is 2.39 bits per heavy atom. The summed E-state index contributed by atoms with van der Waals surface area (Å²) in [4.78, 5) is 31.6. The van der Waals surface area contributed by atoms with Crippen LogP contribution >= 0.6 is 24.0 Å². The number of halogens is 1. The molecule has 0 aromatic rings. The van der Waals surface area contributed by atoms with Crippen LogP contribution in [0.1, 0.15) is 64.7 Å². The number of nitrogens with one attached hydrogen (secondary N) is 2. The molecule has 2 amide bonds. The molecule has 2 N–H and O–H groups in total. The van der Waals surface area contributed by atoms with Crippen LogP contribution in [0.2, 0.25) is 0 Å². The number of rotatable bonds is 9. The van der Waals surface area contributed by atoms with Crippen LogP contribution in [0.4, 0.5) is 4.79 Å². The predicted molar refractivity (Wildman–Crippen MR) is 135 cm³/mol. The van der Waals surface area contributed by atoms with Gasteiger partial charge in [0.15, 0.2) is 5.96 Å². The van der Waals surface area contributed by atoms with Crippen molar-refractivity contribution in [2.24, 2.45) is 10.9 Å². The maximum atomic E-state index is 11.9. The first-order chi connectivity index (χ1) is 14.5. The van der Waals surface area contributed by atoms with Crippen LogP contribution < -0.4 is 10.6 Å². The molecule has 180 valence electrons. The smallest absolute Gasteiger partial charge is 0.409 e. The maximum absolute atomic E-state index is 11.9. The lowest BCUT2D eigenvalue weighted by Crippen LogP contribution is -2.50. The van der Waals surface area contributed by atoms with Gasteiger partial charge in [-0.3, -0.25) is 4.79 Å². The number of guanidine groups is 1. The van der Waals surface area contributed by atoms with E-state index in [0.29, 0.717) is 25.7 Å². The van der Waals surface area contributed by atoms with E-state index in [9.17, 15) is 9.59 Å². The molecule has 1 saturated heterocycles. The number of likely N-dealkylation sites (tertiary alicyclic amines) is 1. The van der Waals surface area contributed by atoms with Crippen molar-refractivity contribution in [1.82, 2.24) is 20.4 Å². The number of carbonyl (C=O) groups excluding carboxylic acids is 2. The Kier molecular flexibility index (Phi) is 13.9. The summed E-state index contributed by atoms with van der Waals surface area (Å²) in [5, 5.41) is 6.87. The van der Waals surface area contributed by atoms with Crippen molar-refractivity contribution in [2.45, 2.75) is 70.8 Å². The van der Waals surface area contributed by atoms with E-state index in [1.165, 1.54) is 38.5 Å². The van der Waals surface area contributed by atoms with Gasteiger partial charge in [0.1, 0.15) is 6.54 Å². The average molecular weight is 552 g/mol. The zero-order valence-electron chi connectivity index (χ0n) is 19.5. The molecule has 0 aromatic heterocycles. The number of hydrogen-bond acceptors (Lipinski definition) is 4. The Balaban J connectivity index is 0.00000480. The van der Waals surface area contributed by atoms with Crippen molar-refractivity contribution in [3.8, 4) is 0 Å². The standard InChI is InChI=1S/C22H41N5O3.HI/c1-4-30-22(29)27-15-12-19(13-16-27)25-21(24-17-20(28)26(2)3)23-14-8-7-11-18-9-5-6-10-18;/h18-19H,4-17H2,1-3H3,(H2,23,24,25);1H. The molecule has 2 aliphatic rings. The summed E-state index contributed by atoms with van der Waals surface area (Å²) in [6.45, 7) is 4.55. The van der Waals surface area contributed by atoms with Gasteiger partial charge in [-0.15, -0.1) is 24.0 Å². The zero-order chi connectivity index (χ0) is 21.8. The quantitative estimate of drug-likeness (QED) is 0.199. The molecule has 2 rings (SSSR count). The van der Waals surface area contributed by atoms with Gasteiger partial charge in [0, 0.05) is 39.8 Å². The van der Waals surface area contributed by atoms with Crippen LogP contribution in [0.5, 0.6) is 0 Å². The normalized spacial score (nSPS) is 17.8. The van der Waals surface area contributed by atoms with Crippen molar-refractivity contribution in [2.75, 3.05) is 46.9 Å². The molecule has 1 saturated carbocycles. The van der Waals surface area contributed by atoms with E-state index in [1.807, 2.05) is 6.92 Å². The molecular formula is C22H42IN5O3. The zero-order valence-corrected chi connectivity index (χ0v) is 21.9. The first-order valence-electron chi connectivity index (χ1n) is 11.7. The molecular weight excluding hydrogens is 509 g/mol. The summed E-state index contributed by atoms with van der Waals surface area (Å²) >= 11 is 0. The maximum Gasteiger partial charge on any atom is 0.409 e. The number of likely N-dealkylation sites (N-methyl/N-ethyl adjacent to an activating group) is 1. The Bertz CT molecular complexity index is 559. The fourth-order valence-corrected chi connectivity index (χ4v) is 4.12. The number of amides is 2. The van der Waals surface area contributed by atoms with Gasteiger partial charge in [-0.05, 0) is 32.1 Å². The fraction of sp³-hybridized carbons (Fsp3) is 0.864. The van der Waals surface area contributed by atoms with Gasteiger partial charge in [0.25, 0.3) is 0 Å². The second-order valence-corrected chi connectivity index (χ2v) is 8.63. The van der Waals surface area contributed by atoms with Gasteiger partial charge >= 0.3 is 6.09 Å². The Hall–Kier alpha value is -1.26. The van der Waals surface area contributed by atoms with Crippen LogP contribution in [0.15, 0.2) is 4.99 Å². The minimum atomic E-state index is -0.234. The lowest BCUT2D eigenvalue weighted by Gasteiger charge is -2.32. The highest BCUT2D eigenvalue weighted by Crippen LogP contribution is 2.28. The summed E-state index contributed by atoms with van der Waals surface area (Å²) < 4.78 is 5.09. The highest BCUT2D eigenvalue weighted by molar-refractivity contribution is 14.0. The average Bonchev–Trinajstić information content (AvgIpc) is 3.25. The van der Waals surface area contributed by atoms with Gasteiger partial charge in [-0.25, -0.2) is 9.79 Å². The van der Waals surface area contributed by atoms with E-state index in [-0.39, 0.29) is 48.6 Å². The van der Waals surface area contributed by atoms with Crippen molar-refractivity contribution < 1.29 is 14.3 Å². The first-order valence-corrected chi connectivity index (χ1v) is 11.7. The van der Waals surface area contributed by atoms with Crippen LogP contribution in [0.25, 0.3) is 0 Å². The summed E-state index contributed by atoms with van der Waals surface area (Å²) in [7, 11) is 3.49. The predicted octanol–water partition coefficient (Wildman–Crippen LogP) is 3.21. The van der Waals surface area contributed by atoms with Gasteiger partial charge in [-0.2, -0.15) is 0 Å².